The van der Waals surface area contributed by atoms with Crippen LogP contribution in [0.15, 0.2) is 30.7 Å². The Bertz CT molecular complexity index is 570. The summed E-state index contributed by atoms with van der Waals surface area (Å²) in [6, 6.07) is 6.34. The van der Waals surface area contributed by atoms with Crippen LogP contribution < -0.4 is 4.74 Å². The Kier molecular flexibility index (Phi) is 2.89. The Morgan fingerprint density at radius 1 is 1.33 bits per heavy atom. The molecule has 0 atom stereocenters. The summed E-state index contributed by atoms with van der Waals surface area (Å²) in [5.74, 6) is 0.920. The molecule has 0 spiro atoms. The second-order valence-electron chi connectivity index (χ2n) is 4.54. The van der Waals surface area contributed by atoms with Crippen LogP contribution in [-0.2, 0) is 6.42 Å². The Morgan fingerprint density at radius 2 is 2.28 bits per heavy atom. The molecule has 1 N–H and O–H groups in total. The van der Waals surface area contributed by atoms with Crippen molar-refractivity contribution in [2.45, 2.75) is 19.3 Å². The predicted molar refractivity (Wildman–Crippen MR) is 72.4 cm³/mol. The fourth-order valence-corrected chi connectivity index (χ4v) is 2.48. The SMILES string of the molecule is COc1ccc2c(c1)/C(=C/c1c[nH]cn1)CCC2. The van der Waals surface area contributed by atoms with Gasteiger partial charge in [0.2, 0.25) is 0 Å². The number of imidazole rings is 1. The predicted octanol–water partition coefficient (Wildman–Crippen LogP) is 3.30. The molecule has 92 valence electrons. The monoisotopic (exact) mass is 240 g/mol. The van der Waals surface area contributed by atoms with Gasteiger partial charge >= 0.3 is 0 Å². The van der Waals surface area contributed by atoms with Crippen molar-refractivity contribution < 1.29 is 4.74 Å². The zero-order chi connectivity index (χ0) is 12.4. The molecule has 2 aromatic rings. The van der Waals surface area contributed by atoms with Gasteiger partial charge in [-0.25, -0.2) is 4.98 Å². The lowest BCUT2D eigenvalue weighted by molar-refractivity contribution is 0.414. The van der Waals surface area contributed by atoms with E-state index >= 15 is 0 Å². The first-order valence-corrected chi connectivity index (χ1v) is 6.23. The Balaban J connectivity index is 2.05. The Labute approximate surface area is 107 Å². The third kappa shape index (κ3) is 2.04. The molecular formula is C15H16N2O. The first-order chi connectivity index (χ1) is 8.86. The van der Waals surface area contributed by atoms with E-state index < -0.39 is 0 Å². The van der Waals surface area contributed by atoms with Crippen molar-refractivity contribution in [3.63, 3.8) is 0 Å². The molecule has 1 aliphatic rings. The summed E-state index contributed by atoms with van der Waals surface area (Å²) >= 11 is 0. The van der Waals surface area contributed by atoms with Crippen LogP contribution in [0.4, 0.5) is 0 Å². The molecule has 1 heterocycles. The highest BCUT2D eigenvalue weighted by molar-refractivity contribution is 5.83. The number of ether oxygens (including phenoxy) is 1. The number of benzene rings is 1. The lowest BCUT2D eigenvalue weighted by Crippen LogP contribution is -2.02. The summed E-state index contributed by atoms with van der Waals surface area (Å²) < 4.78 is 5.31. The van der Waals surface area contributed by atoms with Crippen molar-refractivity contribution in [2.75, 3.05) is 7.11 Å². The molecule has 0 saturated carbocycles. The first kappa shape index (κ1) is 11.1. The fraction of sp³-hybridized carbons (Fsp3) is 0.267. The highest BCUT2D eigenvalue weighted by atomic mass is 16.5. The van der Waals surface area contributed by atoms with Crippen molar-refractivity contribution in [3.05, 3.63) is 47.5 Å². The van der Waals surface area contributed by atoms with Crippen molar-refractivity contribution in [1.29, 1.82) is 0 Å². The summed E-state index contributed by atoms with van der Waals surface area (Å²) in [6.07, 6.45) is 9.25. The van der Waals surface area contributed by atoms with Crippen LogP contribution in [0.1, 0.15) is 29.7 Å². The molecule has 1 aromatic heterocycles. The summed E-state index contributed by atoms with van der Waals surface area (Å²) in [4.78, 5) is 7.25. The minimum absolute atomic E-state index is 0.920. The topological polar surface area (TPSA) is 37.9 Å². The summed E-state index contributed by atoms with van der Waals surface area (Å²) in [7, 11) is 1.71. The number of nitrogens with zero attached hydrogens (tertiary/aromatic N) is 1. The molecule has 3 rings (SSSR count). The van der Waals surface area contributed by atoms with Crippen LogP contribution in [-0.4, -0.2) is 17.1 Å². The molecule has 1 aliphatic carbocycles. The lowest BCUT2D eigenvalue weighted by Gasteiger charge is -2.19. The number of allylic oxidation sites excluding steroid dienone is 1. The molecule has 3 nitrogen and oxygen atoms in total. The summed E-state index contributed by atoms with van der Waals surface area (Å²) in [5, 5.41) is 0. The average molecular weight is 240 g/mol. The van der Waals surface area contributed by atoms with E-state index in [1.807, 2.05) is 12.3 Å². The van der Waals surface area contributed by atoms with Gasteiger partial charge in [-0.15, -0.1) is 0 Å². The quantitative estimate of drug-likeness (QED) is 0.874. The molecule has 0 aliphatic heterocycles. The van der Waals surface area contributed by atoms with Crippen LogP contribution in [0.2, 0.25) is 0 Å². The van der Waals surface area contributed by atoms with Crippen LogP contribution in [0.25, 0.3) is 11.6 Å². The zero-order valence-corrected chi connectivity index (χ0v) is 10.4. The van der Waals surface area contributed by atoms with E-state index in [2.05, 4.69) is 28.2 Å². The number of rotatable bonds is 2. The van der Waals surface area contributed by atoms with Crippen LogP contribution in [0, 0.1) is 0 Å². The van der Waals surface area contributed by atoms with Crippen molar-refractivity contribution in [1.82, 2.24) is 9.97 Å². The van der Waals surface area contributed by atoms with Gasteiger partial charge in [0, 0.05) is 6.20 Å². The number of H-pyrrole nitrogens is 1. The van der Waals surface area contributed by atoms with Gasteiger partial charge in [-0.05, 0) is 54.2 Å². The normalized spacial score (nSPS) is 16.6. The first-order valence-electron chi connectivity index (χ1n) is 6.23. The zero-order valence-electron chi connectivity index (χ0n) is 10.4. The Hall–Kier alpha value is -2.03. The number of hydrogen-bond acceptors (Lipinski definition) is 2. The number of hydrogen-bond donors (Lipinski definition) is 1. The van der Waals surface area contributed by atoms with Gasteiger partial charge in [0.1, 0.15) is 5.75 Å². The van der Waals surface area contributed by atoms with Gasteiger partial charge in [0.25, 0.3) is 0 Å². The van der Waals surface area contributed by atoms with Crippen LogP contribution in [0.5, 0.6) is 5.75 Å². The van der Waals surface area contributed by atoms with Crippen molar-refractivity contribution in [2.24, 2.45) is 0 Å². The number of aromatic amines is 1. The standard InChI is InChI=1S/C15H16N2O/c1-18-14-6-5-11-3-2-4-12(15(11)8-14)7-13-9-16-10-17-13/h5-10H,2-4H2,1H3,(H,16,17)/b12-7+. The largest absolute Gasteiger partial charge is 0.497 e. The van der Waals surface area contributed by atoms with E-state index in [-0.39, 0.29) is 0 Å². The second-order valence-corrected chi connectivity index (χ2v) is 4.54. The molecule has 18 heavy (non-hydrogen) atoms. The van der Waals surface area contributed by atoms with E-state index in [1.54, 1.807) is 13.4 Å². The van der Waals surface area contributed by atoms with Gasteiger partial charge in [0.05, 0.1) is 19.1 Å². The van der Waals surface area contributed by atoms with Gasteiger partial charge < -0.3 is 9.72 Å². The third-order valence-corrected chi connectivity index (χ3v) is 3.40. The smallest absolute Gasteiger partial charge is 0.119 e. The minimum Gasteiger partial charge on any atom is -0.497 e. The van der Waals surface area contributed by atoms with Crippen molar-refractivity contribution >= 4 is 11.6 Å². The number of fused-ring (bicyclic) bond motifs is 1. The maximum atomic E-state index is 5.31. The molecular weight excluding hydrogens is 224 g/mol. The highest BCUT2D eigenvalue weighted by Gasteiger charge is 2.15. The number of aryl methyl sites for hydroxylation is 1. The fourth-order valence-electron chi connectivity index (χ4n) is 2.48. The minimum atomic E-state index is 0.920. The van der Waals surface area contributed by atoms with E-state index in [0.29, 0.717) is 0 Å². The Morgan fingerprint density at radius 3 is 3.06 bits per heavy atom. The molecule has 0 amide bonds. The molecule has 0 bridgehead atoms. The second kappa shape index (κ2) is 4.69. The third-order valence-electron chi connectivity index (χ3n) is 3.40. The van der Waals surface area contributed by atoms with Gasteiger partial charge in [0.15, 0.2) is 0 Å². The van der Waals surface area contributed by atoms with Gasteiger partial charge in [-0.2, -0.15) is 0 Å². The maximum Gasteiger partial charge on any atom is 0.119 e. The maximum absolute atomic E-state index is 5.31. The van der Waals surface area contributed by atoms with E-state index in [0.717, 1.165) is 24.3 Å². The summed E-state index contributed by atoms with van der Waals surface area (Å²) in [5.41, 5.74) is 5.05. The molecule has 0 saturated heterocycles. The number of nitrogens with one attached hydrogen (secondary N) is 1. The van der Waals surface area contributed by atoms with Crippen LogP contribution in [0.3, 0.4) is 0 Å². The lowest BCUT2D eigenvalue weighted by atomic mass is 9.87. The van der Waals surface area contributed by atoms with Crippen molar-refractivity contribution in [3.8, 4) is 5.75 Å². The van der Waals surface area contributed by atoms with Gasteiger partial charge in [-0.1, -0.05) is 6.07 Å². The molecule has 0 radical (unpaired) electrons. The van der Waals surface area contributed by atoms with E-state index in [1.165, 1.54) is 23.1 Å². The van der Waals surface area contributed by atoms with E-state index in [9.17, 15) is 0 Å². The highest BCUT2D eigenvalue weighted by Crippen LogP contribution is 2.34. The van der Waals surface area contributed by atoms with E-state index in [4.69, 9.17) is 4.74 Å². The number of methoxy groups -OCH3 is 1. The molecule has 0 fully saturated rings. The molecule has 0 unspecified atom stereocenters. The molecule has 3 heteroatoms. The number of aromatic nitrogens is 2. The molecule has 1 aromatic carbocycles. The van der Waals surface area contributed by atoms with Crippen LogP contribution >= 0.6 is 0 Å². The van der Waals surface area contributed by atoms with Gasteiger partial charge in [-0.3, -0.25) is 0 Å². The average Bonchev–Trinajstić information content (AvgIpc) is 2.91. The summed E-state index contributed by atoms with van der Waals surface area (Å²) in [6.45, 7) is 0.